The number of hydrogen-bond acceptors (Lipinski definition) is 6. The molecule has 0 aliphatic heterocycles. The van der Waals surface area contributed by atoms with Crippen molar-refractivity contribution in [2.24, 2.45) is 5.10 Å². The van der Waals surface area contributed by atoms with Crippen molar-refractivity contribution in [3.8, 4) is 11.5 Å². The zero-order chi connectivity index (χ0) is 26.0. The summed E-state index contributed by atoms with van der Waals surface area (Å²) < 4.78 is 10.7. The van der Waals surface area contributed by atoms with Crippen LogP contribution in [0.5, 0.6) is 11.5 Å². The number of hydrazone groups is 1. The molecule has 0 aliphatic rings. The smallest absolute Gasteiger partial charge is 0.343 e. The third kappa shape index (κ3) is 11.6. The van der Waals surface area contributed by atoms with Crippen LogP contribution in [0.4, 0.5) is 0 Å². The predicted molar refractivity (Wildman–Crippen MR) is 140 cm³/mol. The second-order valence-corrected chi connectivity index (χ2v) is 8.36. The van der Waals surface area contributed by atoms with Crippen molar-refractivity contribution in [3.05, 3.63) is 59.7 Å². The summed E-state index contributed by atoms with van der Waals surface area (Å²) in [6, 6.07) is 13.4. The molecule has 8 nitrogen and oxygen atoms in total. The Labute approximate surface area is 213 Å². The van der Waals surface area contributed by atoms with Crippen molar-refractivity contribution in [2.75, 3.05) is 13.2 Å². The minimum atomic E-state index is -0.472. The van der Waals surface area contributed by atoms with Crippen molar-refractivity contribution in [1.82, 2.24) is 10.7 Å². The number of esters is 1. The van der Waals surface area contributed by atoms with Gasteiger partial charge in [0.05, 0.1) is 24.9 Å². The van der Waals surface area contributed by atoms with Crippen molar-refractivity contribution in [1.29, 1.82) is 0 Å². The first-order valence-corrected chi connectivity index (χ1v) is 12.7. The highest BCUT2D eigenvalue weighted by Crippen LogP contribution is 2.16. The highest BCUT2D eigenvalue weighted by molar-refractivity contribution is 5.91. The molecule has 0 aliphatic carbocycles. The minimum Gasteiger partial charge on any atom is -0.494 e. The number of nitrogens with zero attached hydrogens (tertiary/aromatic N) is 1. The SMILES string of the molecule is CCCCCCCCCC(=O)NCC(=O)NN=Cc1ccc(OC(=O)c2ccc(OCC)cc2)cc1. The van der Waals surface area contributed by atoms with Crippen molar-refractivity contribution < 1.29 is 23.9 Å². The third-order valence-electron chi connectivity index (χ3n) is 5.35. The first kappa shape index (κ1) is 28.6. The summed E-state index contributed by atoms with van der Waals surface area (Å²) in [5, 5.41) is 6.51. The fourth-order valence-electron chi connectivity index (χ4n) is 3.37. The zero-order valence-corrected chi connectivity index (χ0v) is 21.3. The molecule has 0 fully saturated rings. The monoisotopic (exact) mass is 495 g/mol. The van der Waals surface area contributed by atoms with Crippen LogP contribution in [0, 0.1) is 0 Å². The van der Waals surface area contributed by atoms with Crippen LogP contribution in [0.25, 0.3) is 0 Å². The average molecular weight is 496 g/mol. The maximum atomic E-state index is 12.3. The maximum absolute atomic E-state index is 12.3. The molecule has 0 atom stereocenters. The highest BCUT2D eigenvalue weighted by atomic mass is 16.5. The Kier molecular flexibility index (Phi) is 13.4. The van der Waals surface area contributed by atoms with Gasteiger partial charge in [-0.1, -0.05) is 45.4 Å². The quantitative estimate of drug-likeness (QED) is 0.112. The number of hydrogen-bond donors (Lipinski definition) is 2. The van der Waals surface area contributed by atoms with Crippen molar-refractivity contribution in [3.63, 3.8) is 0 Å². The lowest BCUT2D eigenvalue weighted by atomic mass is 10.1. The van der Waals surface area contributed by atoms with E-state index < -0.39 is 11.9 Å². The van der Waals surface area contributed by atoms with Crippen molar-refractivity contribution in [2.45, 2.75) is 65.2 Å². The van der Waals surface area contributed by atoms with Crippen LogP contribution in [0.1, 0.15) is 81.1 Å². The molecule has 8 heteroatoms. The first-order valence-electron chi connectivity index (χ1n) is 12.7. The summed E-state index contributed by atoms with van der Waals surface area (Å²) in [5.74, 6) is 0.0771. The van der Waals surface area contributed by atoms with Gasteiger partial charge in [-0.25, -0.2) is 10.2 Å². The van der Waals surface area contributed by atoms with E-state index in [1.807, 2.05) is 6.92 Å². The molecule has 194 valence electrons. The fourth-order valence-corrected chi connectivity index (χ4v) is 3.37. The second-order valence-electron chi connectivity index (χ2n) is 8.36. The van der Waals surface area contributed by atoms with Gasteiger partial charge in [0, 0.05) is 6.42 Å². The van der Waals surface area contributed by atoms with Crippen molar-refractivity contribution >= 4 is 24.0 Å². The van der Waals surface area contributed by atoms with Gasteiger partial charge in [-0.3, -0.25) is 9.59 Å². The number of carbonyl (C=O) groups excluding carboxylic acids is 3. The molecular formula is C28H37N3O5. The first-order chi connectivity index (χ1) is 17.5. The van der Waals surface area contributed by atoms with Crippen LogP contribution < -0.4 is 20.2 Å². The van der Waals surface area contributed by atoms with E-state index in [1.54, 1.807) is 48.5 Å². The van der Waals surface area contributed by atoms with E-state index in [-0.39, 0.29) is 12.5 Å². The summed E-state index contributed by atoms with van der Waals surface area (Å²) >= 11 is 0. The number of amides is 2. The summed E-state index contributed by atoms with van der Waals surface area (Å²) in [6.07, 6.45) is 9.88. The van der Waals surface area contributed by atoms with Gasteiger partial charge in [-0.05, 0) is 67.4 Å². The number of unbranched alkanes of at least 4 members (excludes halogenated alkanes) is 6. The molecule has 0 heterocycles. The average Bonchev–Trinajstić information content (AvgIpc) is 2.88. The number of ether oxygens (including phenoxy) is 2. The number of nitrogens with one attached hydrogen (secondary N) is 2. The molecular weight excluding hydrogens is 458 g/mol. The second kappa shape index (κ2) is 16.9. The lowest BCUT2D eigenvalue weighted by molar-refractivity contribution is -0.126. The topological polar surface area (TPSA) is 106 Å². The Balaban J connectivity index is 1.65. The number of carbonyl (C=O) groups is 3. The van der Waals surface area contributed by atoms with Gasteiger partial charge in [0.2, 0.25) is 5.91 Å². The van der Waals surface area contributed by atoms with Crippen LogP contribution in [-0.2, 0) is 9.59 Å². The molecule has 2 N–H and O–H groups in total. The van der Waals surface area contributed by atoms with Gasteiger partial charge in [0.25, 0.3) is 5.91 Å². The normalized spacial score (nSPS) is 10.7. The van der Waals surface area contributed by atoms with Crippen LogP contribution in [-0.4, -0.2) is 37.1 Å². The molecule has 0 saturated carbocycles. The van der Waals surface area contributed by atoms with E-state index in [4.69, 9.17) is 9.47 Å². The Morgan fingerprint density at radius 3 is 2.11 bits per heavy atom. The molecule has 0 bridgehead atoms. The van der Waals surface area contributed by atoms with Crippen LogP contribution in [0.15, 0.2) is 53.6 Å². The Morgan fingerprint density at radius 1 is 0.806 bits per heavy atom. The maximum Gasteiger partial charge on any atom is 0.343 e. The van der Waals surface area contributed by atoms with Gasteiger partial charge >= 0.3 is 5.97 Å². The largest absolute Gasteiger partial charge is 0.494 e. The van der Waals surface area contributed by atoms with E-state index in [2.05, 4.69) is 22.8 Å². The molecule has 36 heavy (non-hydrogen) atoms. The molecule has 0 spiro atoms. The summed E-state index contributed by atoms with van der Waals surface area (Å²) in [4.78, 5) is 36.0. The van der Waals surface area contributed by atoms with E-state index in [1.165, 1.54) is 31.9 Å². The van der Waals surface area contributed by atoms with E-state index in [9.17, 15) is 14.4 Å². The highest BCUT2D eigenvalue weighted by Gasteiger charge is 2.09. The van der Waals surface area contributed by atoms with E-state index >= 15 is 0 Å². The molecule has 2 aromatic rings. The van der Waals surface area contributed by atoms with Gasteiger partial charge in [0.1, 0.15) is 11.5 Å². The molecule has 0 radical (unpaired) electrons. The number of benzene rings is 2. The lowest BCUT2D eigenvalue weighted by Crippen LogP contribution is -2.34. The number of rotatable bonds is 16. The molecule has 0 aromatic heterocycles. The van der Waals surface area contributed by atoms with Crippen LogP contribution in [0.2, 0.25) is 0 Å². The molecule has 0 unspecified atom stereocenters. The summed E-state index contributed by atoms with van der Waals surface area (Å²) in [7, 11) is 0. The summed E-state index contributed by atoms with van der Waals surface area (Å²) in [5.41, 5.74) is 3.51. The summed E-state index contributed by atoms with van der Waals surface area (Å²) in [6.45, 7) is 4.52. The predicted octanol–water partition coefficient (Wildman–Crippen LogP) is 5.01. The van der Waals surface area contributed by atoms with Gasteiger partial charge in [0.15, 0.2) is 0 Å². The van der Waals surface area contributed by atoms with Crippen LogP contribution in [0.3, 0.4) is 0 Å². The standard InChI is InChI=1S/C28H37N3O5/c1-3-5-6-7-8-9-10-11-26(32)29-21-27(33)31-30-20-22-12-16-25(17-13-22)36-28(34)23-14-18-24(19-15-23)35-4-2/h12-20H,3-11,21H2,1-2H3,(H,29,32)(H,31,33). The van der Waals surface area contributed by atoms with Gasteiger partial charge in [-0.2, -0.15) is 5.10 Å². The molecule has 2 aromatic carbocycles. The lowest BCUT2D eigenvalue weighted by Gasteiger charge is -2.06. The van der Waals surface area contributed by atoms with E-state index in [0.29, 0.717) is 35.7 Å². The minimum absolute atomic E-state index is 0.118. The van der Waals surface area contributed by atoms with Gasteiger partial charge in [-0.15, -0.1) is 0 Å². The van der Waals surface area contributed by atoms with Gasteiger partial charge < -0.3 is 14.8 Å². The zero-order valence-electron chi connectivity index (χ0n) is 21.3. The van der Waals surface area contributed by atoms with E-state index in [0.717, 1.165) is 19.3 Å². The van der Waals surface area contributed by atoms with Crippen LogP contribution >= 0.6 is 0 Å². The Hall–Kier alpha value is -3.68. The molecule has 2 rings (SSSR count). The molecule has 0 saturated heterocycles. The Bertz CT molecular complexity index is 972. The third-order valence-corrected chi connectivity index (χ3v) is 5.35. The Morgan fingerprint density at radius 2 is 1.44 bits per heavy atom. The molecule has 2 amide bonds. The fraction of sp³-hybridized carbons (Fsp3) is 0.429.